The largest absolute Gasteiger partial charge is 0.508 e. The Balaban J connectivity index is 1.54. The van der Waals surface area contributed by atoms with Gasteiger partial charge >= 0.3 is 0 Å². The summed E-state index contributed by atoms with van der Waals surface area (Å²) in [5.74, 6) is -0.552. The molecule has 2 heterocycles. The molecule has 1 aliphatic heterocycles. The first-order chi connectivity index (χ1) is 26.8. The third kappa shape index (κ3) is 11.9. The molecule has 0 spiro atoms. The van der Waals surface area contributed by atoms with Gasteiger partial charge in [0.15, 0.2) is 0 Å². The number of rotatable bonds is 20. The van der Waals surface area contributed by atoms with Gasteiger partial charge in [0.25, 0.3) is 5.91 Å². The molecule has 312 valence electrons. The first-order valence-corrected chi connectivity index (χ1v) is 22.2. The minimum absolute atomic E-state index is 0.0535. The van der Waals surface area contributed by atoms with Gasteiger partial charge in [0, 0.05) is 49.3 Å². The predicted molar refractivity (Wildman–Crippen MR) is 225 cm³/mol. The van der Waals surface area contributed by atoms with Gasteiger partial charge in [-0.05, 0) is 87.2 Å². The number of thiazole rings is 1. The van der Waals surface area contributed by atoms with Crippen molar-refractivity contribution < 1.29 is 29.0 Å². The van der Waals surface area contributed by atoms with Crippen LogP contribution in [-0.4, -0.2) is 107 Å². The number of aromatic hydroxyl groups is 1. The molecule has 12 nitrogen and oxygen atoms in total. The number of carbonyl (C=O) groups is 4. The molecule has 1 aromatic heterocycles. The fraction of sp³-hybridized carbons (Fsp3) is 0.690. The Morgan fingerprint density at radius 1 is 1.11 bits per heavy atom. The molecule has 4 rings (SSSR count). The van der Waals surface area contributed by atoms with Gasteiger partial charge in [-0.3, -0.25) is 24.1 Å². The number of thiol groups is 1. The average Bonchev–Trinajstić information content (AvgIpc) is 3.68. The highest BCUT2D eigenvalue weighted by Crippen LogP contribution is 2.35. The van der Waals surface area contributed by atoms with Crippen LogP contribution >= 0.6 is 24.0 Å². The number of likely N-dealkylation sites (N-methyl/N-ethyl adjacent to an activating group) is 1. The first-order valence-electron chi connectivity index (χ1n) is 20.7. The maximum absolute atomic E-state index is 14.7. The van der Waals surface area contributed by atoms with Crippen molar-refractivity contribution in [2.45, 2.75) is 136 Å². The van der Waals surface area contributed by atoms with Crippen molar-refractivity contribution in [1.82, 2.24) is 30.7 Å². The van der Waals surface area contributed by atoms with Gasteiger partial charge in [-0.25, -0.2) is 4.98 Å². The van der Waals surface area contributed by atoms with Crippen LogP contribution in [0.3, 0.4) is 0 Å². The molecule has 7 atom stereocenters. The fourth-order valence-corrected chi connectivity index (χ4v) is 8.96. The lowest BCUT2D eigenvalue weighted by Crippen LogP contribution is -2.58. The Kier molecular flexibility index (Phi) is 17.9. The molecule has 2 aliphatic rings. The maximum atomic E-state index is 14.7. The van der Waals surface area contributed by atoms with E-state index >= 15 is 0 Å². The van der Waals surface area contributed by atoms with E-state index in [1.165, 1.54) is 11.3 Å². The lowest BCUT2D eigenvalue weighted by molar-refractivity contribution is -0.143. The van der Waals surface area contributed by atoms with Gasteiger partial charge in [-0.1, -0.05) is 60.5 Å². The fourth-order valence-electron chi connectivity index (χ4n) is 7.99. The second-order valence-corrected chi connectivity index (χ2v) is 17.3. The Labute approximate surface area is 343 Å². The van der Waals surface area contributed by atoms with Crippen molar-refractivity contribution in [3.8, 4) is 5.75 Å². The highest BCUT2D eigenvalue weighted by molar-refractivity contribution is 7.80. The molecular weight excluding hydrogens is 749 g/mol. The second-order valence-electron chi connectivity index (χ2n) is 15.9. The summed E-state index contributed by atoms with van der Waals surface area (Å²) in [6, 6.07) is 3.64. The summed E-state index contributed by atoms with van der Waals surface area (Å²) >= 11 is 5.58. The number of piperidine rings is 1. The quantitative estimate of drug-likeness (QED) is 0.104. The number of phenolic OH excluding ortho intramolecular Hbond substituents is 1. The monoisotopic (exact) mass is 814 g/mol. The van der Waals surface area contributed by atoms with Gasteiger partial charge in [0.05, 0.1) is 12.0 Å². The van der Waals surface area contributed by atoms with E-state index in [4.69, 9.17) is 9.72 Å². The molecule has 0 bridgehead atoms. The van der Waals surface area contributed by atoms with Gasteiger partial charge in [0.2, 0.25) is 17.7 Å². The summed E-state index contributed by atoms with van der Waals surface area (Å²) in [7, 11) is 1.98. The van der Waals surface area contributed by atoms with Crippen LogP contribution in [0.2, 0.25) is 0 Å². The van der Waals surface area contributed by atoms with E-state index in [1.807, 2.05) is 31.9 Å². The summed E-state index contributed by atoms with van der Waals surface area (Å²) in [6.07, 6.45) is 6.08. The standard InChI is InChI=1S/C42H66N6O6S2/c1-8-17-48(42(53)37(27(6)10-3)46-40(52)34-13-11-12-18-47(34)7)35(26(4)5)24-36(54-19-9-2)41-45-33(25-56-41)39(51)44-29-21-28-14-15-30(49)23-31(28)32(22-29)38(50)43-16-20-55/h14-15,23,25-27,29,32,34-37,49,55H,8-13,16-22,24H2,1-7H3,(H,43,50)(H,44,51)(H,46,52)/t27-,29-,32+,34+,35?,36+,37-/m0/s1. The van der Waals surface area contributed by atoms with Crippen LogP contribution in [0.4, 0.5) is 0 Å². The number of phenols is 1. The minimum atomic E-state index is -0.646. The summed E-state index contributed by atoms with van der Waals surface area (Å²) in [5.41, 5.74) is 1.95. The molecule has 1 unspecified atom stereocenters. The molecule has 0 saturated carbocycles. The highest BCUT2D eigenvalue weighted by atomic mass is 32.1. The topological polar surface area (TPSA) is 153 Å². The van der Waals surface area contributed by atoms with E-state index < -0.39 is 18.1 Å². The van der Waals surface area contributed by atoms with E-state index in [-0.39, 0.29) is 65.0 Å². The Morgan fingerprint density at radius 3 is 2.54 bits per heavy atom. The maximum Gasteiger partial charge on any atom is 0.270 e. The first kappa shape index (κ1) is 45.5. The van der Waals surface area contributed by atoms with Crippen molar-refractivity contribution >= 4 is 47.6 Å². The Bertz CT molecular complexity index is 1600. The van der Waals surface area contributed by atoms with Crippen molar-refractivity contribution in [3.63, 3.8) is 0 Å². The van der Waals surface area contributed by atoms with Crippen molar-refractivity contribution in [2.75, 3.05) is 39.0 Å². The molecule has 1 aromatic carbocycles. The highest BCUT2D eigenvalue weighted by Gasteiger charge is 2.39. The summed E-state index contributed by atoms with van der Waals surface area (Å²) in [5, 5.41) is 21.8. The molecule has 1 aliphatic carbocycles. The zero-order valence-electron chi connectivity index (χ0n) is 34.5. The van der Waals surface area contributed by atoms with Crippen LogP contribution in [-0.2, 0) is 25.5 Å². The molecule has 4 N–H and O–H groups in total. The SMILES string of the molecule is CCCO[C@H](CC(C(C)C)N(CCC)C(=O)[C@@H](NC(=O)[C@H]1CCCCN1C)[C@@H](C)CC)c1nc(C(=O)N[C@H]2Cc3ccc(O)cc3[C@H](C(=O)NCCS)C2)cs1. The van der Waals surface area contributed by atoms with Gasteiger partial charge < -0.3 is 30.7 Å². The Morgan fingerprint density at radius 2 is 1.88 bits per heavy atom. The molecule has 14 heteroatoms. The number of nitrogens with one attached hydrogen (secondary N) is 3. The number of likely N-dealkylation sites (tertiary alicyclic amines) is 1. The van der Waals surface area contributed by atoms with Crippen LogP contribution in [0, 0.1) is 11.8 Å². The zero-order chi connectivity index (χ0) is 40.9. The summed E-state index contributed by atoms with van der Waals surface area (Å²) in [6.45, 7) is 14.7. The number of amides is 4. The minimum Gasteiger partial charge on any atom is -0.508 e. The predicted octanol–water partition coefficient (Wildman–Crippen LogP) is 5.86. The number of aromatic nitrogens is 1. The van der Waals surface area contributed by atoms with Crippen LogP contribution < -0.4 is 16.0 Å². The molecule has 0 radical (unpaired) electrons. The van der Waals surface area contributed by atoms with Crippen LogP contribution in [0.5, 0.6) is 5.75 Å². The number of carbonyl (C=O) groups excluding carboxylic acids is 4. The van der Waals surface area contributed by atoms with E-state index in [2.05, 4.69) is 61.2 Å². The third-order valence-corrected chi connectivity index (χ3v) is 12.5. The zero-order valence-corrected chi connectivity index (χ0v) is 36.2. The number of hydrogen-bond acceptors (Lipinski definition) is 10. The van der Waals surface area contributed by atoms with Gasteiger partial charge in [-0.2, -0.15) is 12.6 Å². The molecule has 4 amide bonds. The van der Waals surface area contributed by atoms with E-state index in [0.29, 0.717) is 49.7 Å². The number of hydrogen-bond donors (Lipinski definition) is 5. The normalized spacial score (nSPS) is 20.7. The molecule has 2 aromatic rings. The Hall–Kier alpha value is -3.20. The van der Waals surface area contributed by atoms with E-state index in [0.717, 1.165) is 56.2 Å². The number of fused-ring (bicyclic) bond motifs is 1. The van der Waals surface area contributed by atoms with Crippen LogP contribution in [0.15, 0.2) is 23.6 Å². The van der Waals surface area contributed by atoms with Crippen molar-refractivity contribution in [3.05, 3.63) is 45.4 Å². The lowest BCUT2D eigenvalue weighted by Gasteiger charge is -2.40. The van der Waals surface area contributed by atoms with Crippen molar-refractivity contribution in [1.29, 1.82) is 0 Å². The molecule has 56 heavy (non-hydrogen) atoms. The molecule has 1 saturated heterocycles. The van der Waals surface area contributed by atoms with E-state index in [9.17, 15) is 24.3 Å². The number of nitrogens with zero attached hydrogens (tertiary/aromatic N) is 3. The smallest absolute Gasteiger partial charge is 0.270 e. The second kappa shape index (κ2) is 22.1. The molecular formula is C42H66N6O6S2. The lowest BCUT2D eigenvalue weighted by atomic mass is 9.79. The van der Waals surface area contributed by atoms with Gasteiger partial charge in [0.1, 0.15) is 28.6 Å². The van der Waals surface area contributed by atoms with Crippen molar-refractivity contribution in [2.24, 2.45) is 11.8 Å². The number of benzene rings is 1. The van der Waals surface area contributed by atoms with E-state index in [1.54, 1.807) is 17.5 Å². The summed E-state index contributed by atoms with van der Waals surface area (Å²) < 4.78 is 6.45. The third-order valence-electron chi connectivity index (χ3n) is 11.3. The van der Waals surface area contributed by atoms with Crippen LogP contribution in [0.25, 0.3) is 0 Å². The molecule has 1 fully saturated rings. The summed E-state index contributed by atoms with van der Waals surface area (Å²) in [4.78, 5) is 64.0. The average molecular weight is 815 g/mol. The number of ether oxygens (including phenoxy) is 1. The van der Waals surface area contributed by atoms with Gasteiger partial charge in [-0.15, -0.1) is 11.3 Å². The van der Waals surface area contributed by atoms with Crippen LogP contribution in [0.1, 0.15) is 132 Å².